The van der Waals surface area contributed by atoms with Gasteiger partial charge < -0.3 is 60.9 Å². The molecule has 3 rings (SSSR count). The average Bonchev–Trinajstić information content (AvgIpc) is 3.37. The molecule has 1 aliphatic heterocycles. The van der Waals surface area contributed by atoms with E-state index in [0.717, 1.165) is 0 Å². The van der Waals surface area contributed by atoms with E-state index >= 15 is 0 Å². The van der Waals surface area contributed by atoms with Gasteiger partial charge in [0, 0.05) is 0 Å². The number of imidazole rings is 1. The van der Waals surface area contributed by atoms with Crippen molar-refractivity contribution in [2.75, 3.05) is 18.9 Å². The minimum atomic E-state index is -5.57. The lowest BCUT2D eigenvalue weighted by atomic mass is 10.1. The summed E-state index contributed by atoms with van der Waals surface area (Å²) in [6, 6.07) is 0. The topological polar surface area (TPSA) is 342 Å². The van der Waals surface area contributed by atoms with E-state index in [1.165, 1.54) is 17.2 Å². The highest BCUT2D eigenvalue weighted by Gasteiger charge is 2.46. The van der Waals surface area contributed by atoms with Gasteiger partial charge in [0.15, 0.2) is 23.8 Å². The summed E-state index contributed by atoms with van der Waals surface area (Å²) >= 11 is 0. The van der Waals surface area contributed by atoms with Crippen molar-refractivity contribution in [1.29, 1.82) is 0 Å². The molecule has 0 bridgehead atoms. The first-order chi connectivity index (χ1) is 17.1. The van der Waals surface area contributed by atoms with Crippen molar-refractivity contribution < 1.29 is 73.4 Å². The summed E-state index contributed by atoms with van der Waals surface area (Å²) in [4.78, 5) is 48.4. The molecule has 210 valence electrons. The standard InChI is InChI=1S/C10H13N5O4.C5H12O11P2/c11-8-5-9(13-2-12-8)15(3-14-5)10-7(18)6(17)4(1-16)19-10;6-1-2(7)3(8)4(9)5(10)17(11,12)16-18(13,14)15/h2-4,6-7,10,16-18H,1H2,(H2,11,12,13);2-4,6-9H,1H2,(H,11,12)(H2,13,14,15)/t4-,6-,7-,10-;2-,3-,4-/m11/s1. The lowest BCUT2D eigenvalue weighted by molar-refractivity contribution is -0.133. The van der Waals surface area contributed by atoms with E-state index in [-0.39, 0.29) is 5.82 Å². The molecule has 1 fully saturated rings. The van der Waals surface area contributed by atoms with Crippen LogP contribution in [0.1, 0.15) is 6.23 Å². The van der Waals surface area contributed by atoms with Crippen LogP contribution in [0, 0.1) is 0 Å². The number of hydrogen-bond acceptors (Lipinski definition) is 16. The summed E-state index contributed by atoms with van der Waals surface area (Å²) in [6.07, 6.45) is -8.43. The maximum absolute atomic E-state index is 11.1. The van der Waals surface area contributed by atoms with Gasteiger partial charge in [0.25, 0.3) is 5.52 Å². The summed E-state index contributed by atoms with van der Waals surface area (Å²) in [6.45, 7) is -1.46. The average molecular weight is 577 g/mol. The third-order valence-electron chi connectivity index (χ3n) is 4.83. The van der Waals surface area contributed by atoms with Crippen LogP contribution in [0.2, 0.25) is 0 Å². The highest BCUT2D eigenvalue weighted by molar-refractivity contribution is 7.76. The van der Waals surface area contributed by atoms with Gasteiger partial charge in [-0.1, -0.05) is 0 Å². The lowest BCUT2D eigenvalue weighted by Gasteiger charge is -2.21. The fraction of sp³-hybridized carbons (Fsp3) is 0.600. The number of aromatic nitrogens is 4. The number of carbonyl (C=O) groups is 1. The largest absolute Gasteiger partial charge is 0.477 e. The van der Waals surface area contributed by atoms with Crippen LogP contribution in [-0.2, 0) is 23.0 Å². The molecule has 1 unspecified atom stereocenters. The molecule has 2 aromatic rings. The summed E-state index contributed by atoms with van der Waals surface area (Å²) in [7, 11) is -11.1. The summed E-state index contributed by atoms with van der Waals surface area (Å²) in [5.41, 5.74) is 4.31. The molecular formula is C15H25N5O15P2. The Labute approximate surface area is 206 Å². The molecule has 20 nitrogen and oxygen atoms in total. The van der Waals surface area contributed by atoms with E-state index in [2.05, 4.69) is 19.3 Å². The van der Waals surface area contributed by atoms with Crippen LogP contribution in [0.5, 0.6) is 0 Å². The SMILES string of the molecule is Nc1ncnc2c1ncn2[C@@H]1O[C@H](CO)[C@@H](O)[C@H]1O.O=C([C@H](O)[C@H](O)[C@H](O)CO)P(=O)(O)OP(=O)(O)O. The predicted molar refractivity (Wildman–Crippen MR) is 116 cm³/mol. The number of rotatable bonds is 9. The number of carbonyl (C=O) groups excluding carboxylic acids is 1. The Kier molecular flexibility index (Phi) is 10.3. The quantitative estimate of drug-likeness (QED) is 0.124. The fourth-order valence-electron chi connectivity index (χ4n) is 2.98. The normalized spacial score (nSPS) is 26.1. The van der Waals surface area contributed by atoms with Crippen LogP contribution in [0.25, 0.3) is 11.2 Å². The van der Waals surface area contributed by atoms with Gasteiger partial charge in [-0.05, 0) is 0 Å². The molecule has 8 atom stereocenters. The summed E-state index contributed by atoms with van der Waals surface area (Å²) in [5, 5.41) is 64.1. The van der Waals surface area contributed by atoms with Crippen molar-refractivity contribution in [3.05, 3.63) is 12.7 Å². The number of nitrogens with two attached hydrogens (primary N) is 1. The number of phosphoric acid groups is 1. The molecule has 2 aromatic heterocycles. The second-order valence-electron chi connectivity index (χ2n) is 7.43. The zero-order valence-electron chi connectivity index (χ0n) is 18.4. The van der Waals surface area contributed by atoms with Gasteiger partial charge in [-0.2, -0.15) is 0 Å². The molecule has 12 N–H and O–H groups in total. The zero-order chi connectivity index (χ0) is 28.3. The van der Waals surface area contributed by atoms with Crippen LogP contribution in [0.15, 0.2) is 12.7 Å². The van der Waals surface area contributed by atoms with E-state index in [1.54, 1.807) is 0 Å². The van der Waals surface area contributed by atoms with Crippen LogP contribution in [0.3, 0.4) is 0 Å². The molecule has 3 heterocycles. The van der Waals surface area contributed by atoms with Crippen molar-refractivity contribution in [3.63, 3.8) is 0 Å². The summed E-state index contributed by atoms with van der Waals surface area (Å²) < 4.78 is 31.5. The third-order valence-corrected chi connectivity index (χ3v) is 7.39. The number of nitrogen functional groups attached to an aromatic ring is 1. The number of fused-ring (bicyclic) bond motifs is 1. The highest BCUT2D eigenvalue weighted by atomic mass is 31.3. The van der Waals surface area contributed by atoms with Gasteiger partial charge in [0.1, 0.15) is 42.4 Å². The van der Waals surface area contributed by atoms with Crippen LogP contribution in [-0.4, -0.2) is 125 Å². The molecule has 1 aliphatic rings. The first kappa shape index (κ1) is 31.2. The van der Waals surface area contributed by atoms with Gasteiger partial charge in [0.2, 0.25) is 0 Å². The van der Waals surface area contributed by atoms with Gasteiger partial charge >= 0.3 is 15.4 Å². The molecule has 0 radical (unpaired) electrons. The Balaban J connectivity index is 0.000000261. The Morgan fingerprint density at radius 3 is 2.24 bits per heavy atom. The maximum Gasteiger partial charge on any atom is 0.477 e. The van der Waals surface area contributed by atoms with E-state index < -0.39 is 77.0 Å². The van der Waals surface area contributed by atoms with Crippen LogP contribution in [0.4, 0.5) is 5.82 Å². The molecule has 0 aromatic carbocycles. The third kappa shape index (κ3) is 7.31. The molecule has 0 saturated carbocycles. The number of aliphatic hydroxyl groups is 7. The van der Waals surface area contributed by atoms with Crippen molar-refractivity contribution in [2.24, 2.45) is 0 Å². The predicted octanol–water partition coefficient (Wildman–Crippen LogP) is -5.10. The smallest absolute Gasteiger partial charge is 0.394 e. The Morgan fingerprint density at radius 1 is 1.11 bits per heavy atom. The number of anilines is 1. The van der Waals surface area contributed by atoms with Gasteiger partial charge in [-0.3, -0.25) is 13.9 Å². The lowest BCUT2D eigenvalue weighted by Crippen LogP contribution is -2.43. The molecule has 0 amide bonds. The molecule has 1 saturated heterocycles. The number of ether oxygens (including phenoxy) is 1. The van der Waals surface area contributed by atoms with E-state index in [1.807, 2.05) is 0 Å². The van der Waals surface area contributed by atoms with E-state index in [9.17, 15) is 24.1 Å². The minimum Gasteiger partial charge on any atom is -0.394 e. The van der Waals surface area contributed by atoms with Crippen molar-refractivity contribution >= 4 is 37.9 Å². The van der Waals surface area contributed by atoms with Gasteiger partial charge in [0.05, 0.1) is 19.5 Å². The molecule has 0 spiro atoms. The van der Waals surface area contributed by atoms with Gasteiger partial charge in [-0.15, -0.1) is 0 Å². The van der Waals surface area contributed by atoms with Crippen molar-refractivity contribution in [1.82, 2.24) is 19.5 Å². The first-order valence-corrected chi connectivity index (χ1v) is 13.0. The molecular weight excluding hydrogens is 552 g/mol. The highest BCUT2D eigenvalue weighted by Crippen LogP contribution is 2.58. The maximum atomic E-state index is 11.1. The first-order valence-electron chi connectivity index (χ1n) is 9.90. The Hall–Kier alpha value is -2.00. The minimum absolute atomic E-state index is 0.218. The number of hydrogen-bond donors (Lipinski definition) is 11. The van der Waals surface area contributed by atoms with Crippen LogP contribution >= 0.6 is 15.4 Å². The van der Waals surface area contributed by atoms with Crippen LogP contribution < -0.4 is 5.73 Å². The second kappa shape index (κ2) is 12.2. The number of aliphatic hydroxyl groups excluding tert-OH is 7. The van der Waals surface area contributed by atoms with E-state index in [4.69, 9.17) is 50.7 Å². The van der Waals surface area contributed by atoms with Crippen molar-refractivity contribution in [3.8, 4) is 0 Å². The van der Waals surface area contributed by atoms with E-state index in [0.29, 0.717) is 11.2 Å². The fourth-order valence-corrected chi connectivity index (χ4v) is 4.94. The monoisotopic (exact) mass is 577 g/mol. The summed E-state index contributed by atoms with van der Waals surface area (Å²) in [5.74, 6) is 0.218. The Morgan fingerprint density at radius 2 is 1.73 bits per heavy atom. The van der Waals surface area contributed by atoms with Crippen molar-refractivity contribution in [2.45, 2.75) is 42.9 Å². The molecule has 37 heavy (non-hydrogen) atoms. The second-order valence-corrected chi connectivity index (χ2v) is 10.5. The molecule has 22 heteroatoms. The molecule has 0 aliphatic carbocycles. The number of nitrogens with zero attached hydrogens (tertiary/aromatic N) is 4. The Bertz CT molecular complexity index is 1180. The van der Waals surface area contributed by atoms with Gasteiger partial charge in [-0.25, -0.2) is 23.8 Å². The zero-order valence-corrected chi connectivity index (χ0v) is 20.2.